The van der Waals surface area contributed by atoms with E-state index in [0.29, 0.717) is 10.6 Å². The van der Waals surface area contributed by atoms with Crippen molar-refractivity contribution in [2.45, 2.75) is 40.0 Å². The summed E-state index contributed by atoms with van der Waals surface area (Å²) in [5.41, 5.74) is 2.63. The molecule has 24 heavy (non-hydrogen) atoms. The van der Waals surface area contributed by atoms with Crippen LogP contribution in [0.4, 0.5) is 0 Å². The minimum Gasteiger partial charge on any atom is -0.395 e. The Kier molecular flexibility index (Phi) is 6.69. The van der Waals surface area contributed by atoms with E-state index in [-0.39, 0.29) is 19.1 Å². The van der Waals surface area contributed by atoms with Crippen LogP contribution >= 0.6 is 11.3 Å². The summed E-state index contributed by atoms with van der Waals surface area (Å²) in [4.78, 5) is 17.0. The van der Waals surface area contributed by atoms with Crippen LogP contribution in [0.15, 0.2) is 4.52 Å². The highest BCUT2D eigenvalue weighted by Crippen LogP contribution is 2.23. The van der Waals surface area contributed by atoms with Gasteiger partial charge in [-0.05, 0) is 38.8 Å². The number of rotatable bonds is 8. The van der Waals surface area contributed by atoms with E-state index in [1.165, 1.54) is 11.3 Å². The van der Waals surface area contributed by atoms with E-state index in [1.807, 2.05) is 19.1 Å². The van der Waals surface area contributed by atoms with Gasteiger partial charge in [0.2, 0.25) is 0 Å². The van der Waals surface area contributed by atoms with Crippen LogP contribution in [0.5, 0.6) is 0 Å². The molecule has 130 valence electrons. The minimum absolute atomic E-state index is 0.0797. The average molecular weight is 349 g/mol. The van der Waals surface area contributed by atoms with Crippen molar-refractivity contribution in [2.24, 2.45) is 0 Å². The smallest absolute Gasteiger partial charge is 0.263 e. The Balaban J connectivity index is 2.15. The molecule has 1 amide bonds. The summed E-state index contributed by atoms with van der Waals surface area (Å²) >= 11 is 1.33. The lowest BCUT2D eigenvalue weighted by Crippen LogP contribution is -2.26. The number of aromatic nitrogens is 2. The molecule has 0 aliphatic carbocycles. The highest BCUT2D eigenvalue weighted by atomic mass is 32.1. The SMILES string of the molecule is CCCCc1noc(C)c1/C=C/c1nc(C)c(C(=O)NCCO)s1. The summed E-state index contributed by atoms with van der Waals surface area (Å²) in [6, 6.07) is 0. The summed E-state index contributed by atoms with van der Waals surface area (Å²) in [6.07, 6.45) is 6.89. The van der Waals surface area contributed by atoms with E-state index in [4.69, 9.17) is 9.63 Å². The Hall–Kier alpha value is -1.99. The molecule has 0 bridgehead atoms. The molecule has 2 N–H and O–H groups in total. The maximum atomic E-state index is 12.0. The molecule has 7 heteroatoms. The first-order chi connectivity index (χ1) is 11.6. The third-order valence-corrected chi connectivity index (χ3v) is 4.68. The second-order valence-corrected chi connectivity index (χ2v) is 6.51. The lowest BCUT2D eigenvalue weighted by atomic mass is 10.1. The maximum Gasteiger partial charge on any atom is 0.263 e. The molecule has 0 saturated carbocycles. The number of aliphatic hydroxyl groups excluding tert-OH is 1. The van der Waals surface area contributed by atoms with Gasteiger partial charge in [0.25, 0.3) is 5.91 Å². The number of hydrogen-bond acceptors (Lipinski definition) is 6. The predicted molar refractivity (Wildman–Crippen MR) is 95.1 cm³/mol. The summed E-state index contributed by atoms with van der Waals surface area (Å²) in [5.74, 6) is 0.579. The van der Waals surface area contributed by atoms with Crippen molar-refractivity contribution in [1.29, 1.82) is 0 Å². The molecule has 0 unspecified atom stereocenters. The van der Waals surface area contributed by atoms with Gasteiger partial charge < -0.3 is 14.9 Å². The quantitative estimate of drug-likeness (QED) is 0.765. The number of thiazole rings is 1. The van der Waals surface area contributed by atoms with Gasteiger partial charge in [-0.1, -0.05) is 18.5 Å². The minimum atomic E-state index is -0.205. The van der Waals surface area contributed by atoms with Crippen LogP contribution in [0, 0.1) is 13.8 Å². The van der Waals surface area contributed by atoms with Gasteiger partial charge in [-0.15, -0.1) is 11.3 Å². The zero-order valence-electron chi connectivity index (χ0n) is 14.3. The van der Waals surface area contributed by atoms with Crippen LogP contribution in [0.2, 0.25) is 0 Å². The van der Waals surface area contributed by atoms with Gasteiger partial charge >= 0.3 is 0 Å². The number of aryl methyl sites for hydroxylation is 3. The van der Waals surface area contributed by atoms with E-state index in [0.717, 1.165) is 41.3 Å². The summed E-state index contributed by atoms with van der Waals surface area (Å²) in [7, 11) is 0. The molecular formula is C17H23N3O3S. The van der Waals surface area contributed by atoms with E-state index in [1.54, 1.807) is 6.92 Å². The van der Waals surface area contributed by atoms with Crippen molar-refractivity contribution in [3.63, 3.8) is 0 Å². The largest absolute Gasteiger partial charge is 0.395 e. The summed E-state index contributed by atoms with van der Waals surface area (Å²) < 4.78 is 5.29. The molecule has 0 spiro atoms. The monoisotopic (exact) mass is 349 g/mol. The molecule has 2 aromatic rings. The fourth-order valence-corrected chi connectivity index (χ4v) is 3.15. The zero-order valence-corrected chi connectivity index (χ0v) is 15.1. The van der Waals surface area contributed by atoms with Gasteiger partial charge in [0.15, 0.2) is 0 Å². The lowest BCUT2D eigenvalue weighted by molar-refractivity contribution is 0.0948. The normalized spacial score (nSPS) is 11.3. The second kappa shape index (κ2) is 8.75. The average Bonchev–Trinajstić information content (AvgIpc) is 3.11. The van der Waals surface area contributed by atoms with Crippen LogP contribution in [-0.2, 0) is 6.42 Å². The van der Waals surface area contributed by atoms with Crippen LogP contribution in [0.3, 0.4) is 0 Å². The fourth-order valence-electron chi connectivity index (χ4n) is 2.27. The maximum absolute atomic E-state index is 12.0. The summed E-state index contributed by atoms with van der Waals surface area (Å²) in [5, 5.41) is 16.3. The van der Waals surface area contributed by atoms with Gasteiger partial charge in [-0.3, -0.25) is 4.79 Å². The molecule has 0 saturated heterocycles. The van der Waals surface area contributed by atoms with Crippen molar-refractivity contribution in [3.8, 4) is 0 Å². The van der Waals surface area contributed by atoms with E-state index < -0.39 is 0 Å². The molecule has 0 atom stereocenters. The number of unbranched alkanes of at least 4 members (excludes halogenated alkanes) is 1. The number of amides is 1. The standard InChI is InChI=1S/C17H23N3O3S/c1-4-5-6-14-13(12(3)23-20-14)7-8-15-19-11(2)16(24-15)17(22)18-9-10-21/h7-8,21H,4-6,9-10H2,1-3H3,(H,18,22)/b8-7+. The number of nitrogens with one attached hydrogen (secondary N) is 1. The first-order valence-electron chi connectivity index (χ1n) is 8.06. The molecule has 2 aromatic heterocycles. The Bertz CT molecular complexity index is 719. The third kappa shape index (κ3) is 4.52. The van der Waals surface area contributed by atoms with E-state index in [2.05, 4.69) is 22.4 Å². The predicted octanol–water partition coefficient (Wildman–Crippen LogP) is 2.98. The number of carbonyl (C=O) groups is 1. The molecular weight excluding hydrogens is 326 g/mol. The molecule has 0 aromatic carbocycles. The number of hydrogen-bond donors (Lipinski definition) is 2. The van der Waals surface area contributed by atoms with Crippen molar-refractivity contribution in [3.05, 3.63) is 32.6 Å². The number of nitrogens with zero attached hydrogens (tertiary/aromatic N) is 2. The van der Waals surface area contributed by atoms with Crippen molar-refractivity contribution < 1.29 is 14.4 Å². The van der Waals surface area contributed by atoms with Crippen LogP contribution in [0.25, 0.3) is 12.2 Å². The number of aliphatic hydroxyl groups is 1. The molecule has 0 fully saturated rings. The van der Waals surface area contributed by atoms with Gasteiger partial charge in [-0.25, -0.2) is 4.98 Å². The Labute approximate surface area is 145 Å². The van der Waals surface area contributed by atoms with Crippen LogP contribution in [-0.4, -0.2) is 34.3 Å². The molecule has 0 radical (unpaired) electrons. The van der Waals surface area contributed by atoms with Crippen LogP contribution in [0.1, 0.15) is 57.2 Å². The molecule has 0 aliphatic heterocycles. The Morgan fingerprint density at radius 2 is 2.17 bits per heavy atom. The topological polar surface area (TPSA) is 88.2 Å². The van der Waals surface area contributed by atoms with Crippen molar-refractivity contribution in [1.82, 2.24) is 15.5 Å². The zero-order chi connectivity index (χ0) is 17.5. The molecule has 0 aliphatic rings. The van der Waals surface area contributed by atoms with Gasteiger partial charge in [0.05, 0.1) is 18.0 Å². The molecule has 6 nitrogen and oxygen atoms in total. The highest BCUT2D eigenvalue weighted by Gasteiger charge is 2.14. The molecule has 2 heterocycles. The summed E-state index contributed by atoms with van der Waals surface area (Å²) in [6.45, 7) is 6.00. The van der Waals surface area contributed by atoms with Gasteiger partial charge in [0, 0.05) is 12.1 Å². The fraction of sp³-hybridized carbons (Fsp3) is 0.471. The van der Waals surface area contributed by atoms with Crippen molar-refractivity contribution in [2.75, 3.05) is 13.2 Å². The first kappa shape index (κ1) is 18.4. The molecule has 2 rings (SSSR count). The Morgan fingerprint density at radius 1 is 1.38 bits per heavy atom. The number of carbonyl (C=O) groups excluding carboxylic acids is 1. The van der Waals surface area contributed by atoms with Crippen molar-refractivity contribution >= 4 is 29.4 Å². The lowest BCUT2D eigenvalue weighted by Gasteiger charge is -1.99. The first-order valence-corrected chi connectivity index (χ1v) is 8.88. The highest BCUT2D eigenvalue weighted by molar-refractivity contribution is 7.14. The van der Waals surface area contributed by atoms with Crippen LogP contribution < -0.4 is 5.32 Å². The Morgan fingerprint density at radius 3 is 2.88 bits per heavy atom. The van der Waals surface area contributed by atoms with E-state index >= 15 is 0 Å². The third-order valence-electron chi connectivity index (χ3n) is 3.56. The van der Waals surface area contributed by atoms with Gasteiger partial charge in [0.1, 0.15) is 15.6 Å². The van der Waals surface area contributed by atoms with Gasteiger partial charge in [-0.2, -0.15) is 0 Å². The van der Waals surface area contributed by atoms with E-state index in [9.17, 15) is 4.79 Å². The second-order valence-electron chi connectivity index (χ2n) is 5.48.